The molecule has 0 saturated heterocycles. The maximum atomic E-state index is 11.0. The van der Waals surface area contributed by atoms with Gasteiger partial charge in [0.15, 0.2) is 0 Å². The highest BCUT2D eigenvalue weighted by atomic mass is 16.4. The summed E-state index contributed by atoms with van der Waals surface area (Å²) in [6.07, 6.45) is 8.65. The molecular formula is C20H21N3O3. The van der Waals surface area contributed by atoms with Crippen LogP contribution < -0.4 is 5.32 Å². The standard InChI is InChI=1S/C20H21N3O3/c24-14-21-10-3-1-2-4-15-12-17-9-11-23(19(17)22-13-15)18-7-5-16(6-8-18)20(25)26/h5-9,11-14H,1-4,10H2,(H,21,24)(H,25,26). The van der Waals surface area contributed by atoms with Gasteiger partial charge in [-0.3, -0.25) is 4.79 Å². The van der Waals surface area contributed by atoms with E-state index in [2.05, 4.69) is 16.4 Å². The molecule has 0 aliphatic heterocycles. The highest BCUT2D eigenvalue weighted by molar-refractivity contribution is 5.88. The molecule has 0 saturated carbocycles. The number of nitrogens with zero attached hydrogens (tertiary/aromatic N) is 2. The quantitative estimate of drug-likeness (QED) is 0.458. The topological polar surface area (TPSA) is 84.2 Å². The Morgan fingerprint density at radius 2 is 1.96 bits per heavy atom. The second-order valence-electron chi connectivity index (χ2n) is 6.18. The van der Waals surface area contributed by atoms with Crippen LogP contribution in [0.3, 0.4) is 0 Å². The molecule has 3 rings (SSSR count). The van der Waals surface area contributed by atoms with Crippen LogP contribution in [0.2, 0.25) is 0 Å². The first-order chi connectivity index (χ1) is 12.7. The van der Waals surface area contributed by atoms with Crippen molar-refractivity contribution < 1.29 is 14.7 Å². The summed E-state index contributed by atoms with van der Waals surface area (Å²) in [6, 6.07) is 10.9. The zero-order chi connectivity index (χ0) is 18.4. The molecule has 2 N–H and O–H groups in total. The number of carbonyl (C=O) groups is 2. The van der Waals surface area contributed by atoms with Crippen molar-refractivity contribution in [1.82, 2.24) is 14.9 Å². The summed E-state index contributed by atoms with van der Waals surface area (Å²) in [6.45, 7) is 0.726. The summed E-state index contributed by atoms with van der Waals surface area (Å²) in [5.74, 6) is -0.932. The number of aryl methyl sites for hydroxylation is 1. The molecule has 2 heterocycles. The van der Waals surface area contributed by atoms with E-state index in [4.69, 9.17) is 5.11 Å². The number of carboxylic acid groups (broad SMARTS) is 1. The number of rotatable bonds is 9. The van der Waals surface area contributed by atoms with Crippen LogP contribution >= 0.6 is 0 Å². The molecule has 0 unspecified atom stereocenters. The van der Waals surface area contributed by atoms with Gasteiger partial charge in [0.05, 0.1) is 5.56 Å². The number of carbonyl (C=O) groups excluding carboxylic acids is 1. The largest absolute Gasteiger partial charge is 0.478 e. The average molecular weight is 351 g/mol. The molecule has 0 atom stereocenters. The predicted octanol–water partition coefficient (Wildman–Crippen LogP) is 3.18. The summed E-state index contributed by atoms with van der Waals surface area (Å²) >= 11 is 0. The van der Waals surface area contributed by atoms with Gasteiger partial charge in [-0.25, -0.2) is 9.78 Å². The Labute approximate surface area is 151 Å². The lowest BCUT2D eigenvalue weighted by molar-refractivity contribution is -0.109. The molecule has 0 bridgehead atoms. The number of hydrogen-bond acceptors (Lipinski definition) is 3. The van der Waals surface area contributed by atoms with Crippen LogP contribution in [-0.2, 0) is 11.2 Å². The number of aromatic nitrogens is 2. The summed E-state index contributed by atoms with van der Waals surface area (Å²) in [5.41, 5.74) is 3.20. The Balaban J connectivity index is 1.69. The Morgan fingerprint density at radius 3 is 2.69 bits per heavy atom. The second kappa shape index (κ2) is 8.29. The lowest BCUT2D eigenvalue weighted by Crippen LogP contribution is -2.11. The van der Waals surface area contributed by atoms with Gasteiger partial charge in [-0.1, -0.05) is 6.42 Å². The maximum Gasteiger partial charge on any atom is 0.335 e. The fourth-order valence-corrected chi connectivity index (χ4v) is 2.97. The van der Waals surface area contributed by atoms with Crippen LogP contribution in [0.4, 0.5) is 0 Å². The van der Waals surface area contributed by atoms with E-state index in [1.807, 2.05) is 23.0 Å². The van der Waals surface area contributed by atoms with E-state index in [1.165, 1.54) is 5.56 Å². The Morgan fingerprint density at radius 1 is 1.15 bits per heavy atom. The molecule has 0 fully saturated rings. The summed E-state index contributed by atoms with van der Waals surface area (Å²) in [4.78, 5) is 25.7. The number of amides is 1. The van der Waals surface area contributed by atoms with E-state index < -0.39 is 5.97 Å². The molecule has 3 aromatic rings. The maximum absolute atomic E-state index is 11.0. The SMILES string of the molecule is O=CNCCCCCc1cnc2c(ccn2-c2ccc(C(=O)O)cc2)c1. The van der Waals surface area contributed by atoms with Crippen LogP contribution in [0.1, 0.15) is 35.2 Å². The van der Waals surface area contributed by atoms with Gasteiger partial charge in [-0.2, -0.15) is 0 Å². The van der Waals surface area contributed by atoms with Crippen LogP contribution in [0.25, 0.3) is 16.7 Å². The molecule has 0 aliphatic rings. The lowest BCUT2D eigenvalue weighted by Gasteiger charge is -2.06. The van der Waals surface area contributed by atoms with Gasteiger partial charge in [0.2, 0.25) is 6.41 Å². The van der Waals surface area contributed by atoms with Crippen molar-refractivity contribution in [3.8, 4) is 5.69 Å². The van der Waals surface area contributed by atoms with E-state index >= 15 is 0 Å². The number of benzene rings is 1. The zero-order valence-electron chi connectivity index (χ0n) is 14.4. The van der Waals surface area contributed by atoms with Crippen molar-refractivity contribution in [2.24, 2.45) is 0 Å². The predicted molar refractivity (Wildman–Crippen MR) is 99.7 cm³/mol. The first-order valence-electron chi connectivity index (χ1n) is 8.66. The molecule has 0 aliphatic carbocycles. The molecule has 1 amide bonds. The number of carboxylic acids is 1. The smallest absolute Gasteiger partial charge is 0.335 e. The number of nitrogens with one attached hydrogen (secondary N) is 1. The average Bonchev–Trinajstić information content (AvgIpc) is 3.08. The van der Waals surface area contributed by atoms with E-state index in [-0.39, 0.29) is 5.56 Å². The molecule has 6 nitrogen and oxygen atoms in total. The Hall–Kier alpha value is -3.15. The lowest BCUT2D eigenvalue weighted by atomic mass is 10.1. The molecular weight excluding hydrogens is 330 g/mol. The summed E-state index contributed by atoms with van der Waals surface area (Å²) in [5, 5.41) is 12.7. The van der Waals surface area contributed by atoms with Gasteiger partial charge in [-0.15, -0.1) is 0 Å². The van der Waals surface area contributed by atoms with Crippen LogP contribution in [0, 0.1) is 0 Å². The normalized spacial score (nSPS) is 10.8. The molecule has 1 aromatic carbocycles. The van der Waals surface area contributed by atoms with Gasteiger partial charge in [0.25, 0.3) is 0 Å². The van der Waals surface area contributed by atoms with Crippen molar-refractivity contribution in [3.05, 3.63) is 59.9 Å². The van der Waals surface area contributed by atoms with E-state index in [0.29, 0.717) is 0 Å². The summed E-state index contributed by atoms with van der Waals surface area (Å²) in [7, 11) is 0. The van der Waals surface area contributed by atoms with Crippen LogP contribution in [-0.4, -0.2) is 33.6 Å². The third-order valence-electron chi connectivity index (χ3n) is 4.35. The first kappa shape index (κ1) is 17.7. The van der Waals surface area contributed by atoms with Crippen molar-refractivity contribution in [1.29, 1.82) is 0 Å². The van der Waals surface area contributed by atoms with Crippen molar-refractivity contribution in [3.63, 3.8) is 0 Å². The van der Waals surface area contributed by atoms with Crippen LogP contribution in [0.15, 0.2) is 48.8 Å². The van der Waals surface area contributed by atoms with E-state index in [1.54, 1.807) is 24.3 Å². The van der Waals surface area contributed by atoms with Crippen molar-refractivity contribution >= 4 is 23.4 Å². The van der Waals surface area contributed by atoms with Gasteiger partial charge in [0, 0.05) is 30.0 Å². The van der Waals surface area contributed by atoms with Crippen molar-refractivity contribution in [2.75, 3.05) is 6.54 Å². The first-order valence-corrected chi connectivity index (χ1v) is 8.66. The second-order valence-corrected chi connectivity index (χ2v) is 6.18. The van der Waals surface area contributed by atoms with Gasteiger partial charge < -0.3 is 15.0 Å². The Bertz CT molecular complexity index is 900. The van der Waals surface area contributed by atoms with Crippen LogP contribution in [0.5, 0.6) is 0 Å². The third-order valence-corrected chi connectivity index (χ3v) is 4.35. The highest BCUT2D eigenvalue weighted by Gasteiger charge is 2.07. The van der Waals surface area contributed by atoms with Gasteiger partial charge in [-0.05, 0) is 61.2 Å². The minimum Gasteiger partial charge on any atom is -0.478 e. The Kier molecular flexibility index (Phi) is 5.63. The number of aromatic carboxylic acids is 1. The molecule has 26 heavy (non-hydrogen) atoms. The summed E-state index contributed by atoms with van der Waals surface area (Å²) < 4.78 is 1.95. The minimum absolute atomic E-state index is 0.267. The fourth-order valence-electron chi connectivity index (χ4n) is 2.97. The molecule has 134 valence electrons. The third kappa shape index (κ3) is 4.08. The number of hydrogen-bond donors (Lipinski definition) is 2. The van der Waals surface area contributed by atoms with E-state index in [9.17, 15) is 9.59 Å². The minimum atomic E-state index is -0.932. The molecule has 0 radical (unpaired) electrons. The van der Waals surface area contributed by atoms with E-state index in [0.717, 1.165) is 55.4 Å². The molecule has 6 heteroatoms. The number of unbranched alkanes of at least 4 members (excludes halogenated alkanes) is 2. The fraction of sp³-hybridized carbons (Fsp3) is 0.250. The van der Waals surface area contributed by atoms with Crippen molar-refractivity contribution in [2.45, 2.75) is 25.7 Å². The highest BCUT2D eigenvalue weighted by Crippen LogP contribution is 2.21. The number of fused-ring (bicyclic) bond motifs is 1. The molecule has 2 aromatic heterocycles. The van der Waals surface area contributed by atoms with Gasteiger partial charge >= 0.3 is 5.97 Å². The van der Waals surface area contributed by atoms with Gasteiger partial charge in [0.1, 0.15) is 5.65 Å². The molecule has 0 spiro atoms. The monoisotopic (exact) mass is 351 g/mol. The zero-order valence-corrected chi connectivity index (χ0v) is 14.4. The number of pyridine rings is 1.